The Balaban J connectivity index is 3.33. The van der Waals surface area contributed by atoms with E-state index < -0.39 is 0 Å². The van der Waals surface area contributed by atoms with E-state index in [0.29, 0.717) is 19.1 Å². The predicted molar refractivity (Wildman–Crippen MR) is 65.8 cm³/mol. The van der Waals surface area contributed by atoms with Gasteiger partial charge in [-0.2, -0.15) is 0 Å². The van der Waals surface area contributed by atoms with Gasteiger partial charge in [-0.05, 0) is 19.4 Å². The van der Waals surface area contributed by atoms with E-state index in [-0.39, 0.29) is 6.10 Å². The molecule has 0 rings (SSSR count). The van der Waals surface area contributed by atoms with Crippen LogP contribution in [0.1, 0.15) is 20.3 Å². The number of likely N-dealkylation sites (N-methyl/N-ethyl adjacent to an activating group) is 1. The summed E-state index contributed by atoms with van der Waals surface area (Å²) >= 11 is 0. The van der Waals surface area contributed by atoms with E-state index >= 15 is 0 Å². The standard InChI is InChI=1S/C12H27NO3/c1-11(2)12(10-13-3)16-9-8-15-7-5-6-14-4/h11-13H,5-10H2,1-4H3. The van der Waals surface area contributed by atoms with Gasteiger partial charge < -0.3 is 19.5 Å². The van der Waals surface area contributed by atoms with Crippen molar-refractivity contribution in [1.29, 1.82) is 0 Å². The molecule has 0 bridgehead atoms. The van der Waals surface area contributed by atoms with Gasteiger partial charge in [0.05, 0.1) is 19.3 Å². The van der Waals surface area contributed by atoms with E-state index in [2.05, 4.69) is 19.2 Å². The van der Waals surface area contributed by atoms with Gasteiger partial charge in [-0.25, -0.2) is 0 Å². The second kappa shape index (κ2) is 11.3. The molecule has 0 aromatic heterocycles. The zero-order valence-electron chi connectivity index (χ0n) is 11.1. The quantitative estimate of drug-likeness (QED) is 0.546. The second-order valence-corrected chi connectivity index (χ2v) is 4.17. The Morgan fingerprint density at radius 3 is 2.38 bits per heavy atom. The minimum absolute atomic E-state index is 0.271. The van der Waals surface area contributed by atoms with Crippen molar-refractivity contribution in [2.24, 2.45) is 5.92 Å². The average Bonchev–Trinajstić information content (AvgIpc) is 2.26. The summed E-state index contributed by atoms with van der Waals surface area (Å²) in [6.45, 7) is 8.06. The maximum Gasteiger partial charge on any atom is 0.0723 e. The Morgan fingerprint density at radius 2 is 1.81 bits per heavy atom. The molecule has 0 saturated carbocycles. The van der Waals surface area contributed by atoms with Gasteiger partial charge in [-0.15, -0.1) is 0 Å². The van der Waals surface area contributed by atoms with Gasteiger partial charge >= 0.3 is 0 Å². The van der Waals surface area contributed by atoms with Crippen molar-refractivity contribution in [3.63, 3.8) is 0 Å². The molecule has 98 valence electrons. The molecule has 0 heterocycles. The van der Waals surface area contributed by atoms with Crippen LogP contribution >= 0.6 is 0 Å². The molecule has 0 aliphatic heterocycles. The monoisotopic (exact) mass is 233 g/mol. The molecule has 0 aliphatic rings. The Bertz CT molecular complexity index is 142. The summed E-state index contributed by atoms with van der Waals surface area (Å²) in [6, 6.07) is 0. The topological polar surface area (TPSA) is 39.7 Å². The van der Waals surface area contributed by atoms with Crippen molar-refractivity contribution < 1.29 is 14.2 Å². The molecular weight excluding hydrogens is 206 g/mol. The van der Waals surface area contributed by atoms with Crippen LogP contribution in [0.2, 0.25) is 0 Å². The van der Waals surface area contributed by atoms with Gasteiger partial charge in [-0.1, -0.05) is 13.8 Å². The minimum atomic E-state index is 0.271. The molecule has 0 saturated heterocycles. The molecular formula is C12H27NO3. The molecule has 0 fully saturated rings. The zero-order chi connectivity index (χ0) is 12.2. The molecule has 4 nitrogen and oxygen atoms in total. The van der Waals surface area contributed by atoms with Crippen molar-refractivity contribution in [2.75, 3.05) is 47.1 Å². The molecule has 16 heavy (non-hydrogen) atoms. The third kappa shape index (κ3) is 9.09. The lowest BCUT2D eigenvalue weighted by atomic mass is 10.1. The lowest BCUT2D eigenvalue weighted by molar-refractivity contribution is -0.0155. The average molecular weight is 233 g/mol. The Morgan fingerprint density at radius 1 is 1.06 bits per heavy atom. The third-order valence-corrected chi connectivity index (χ3v) is 2.35. The first kappa shape index (κ1) is 15.8. The molecule has 0 aliphatic carbocycles. The van der Waals surface area contributed by atoms with Gasteiger partial charge in [0.25, 0.3) is 0 Å². The van der Waals surface area contributed by atoms with Crippen LogP contribution in [0.3, 0.4) is 0 Å². The number of hydrogen-bond acceptors (Lipinski definition) is 4. The van der Waals surface area contributed by atoms with Gasteiger partial charge in [0.1, 0.15) is 0 Å². The summed E-state index contributed by atoms with van der Waals surface area (Å²) in [5.74, 6) is 0.529. The molecule has 0 amide bonds. The van der Waals surface area contributed by atoms with E-state index in [1.54, 1.807) is 7.11 Å². The van der Waals surface area contributed by atoms with E-state index in [9.17, 15) is 0 Å². The van der Waals surface area contributed by atoms with E-state index in [1.165, 1.54) is 0 Å². The maximum atomic E-state index is 5.73. The Hall–Kier alpha value is -0.160. The number of ether oxygens (including phenoxy) is 3. The summed E-state index contributed by atoms with van der Waals surface area (Å²) in [5, 5.41) is 3.14. The smallest absolute Gasteiger partial charge is 0.0723 e. The fourth-order valence-corrected chi connectivity index (χ4v) is 1.35. The minimum Gasteiger partial charge on any atom is -0.385 e. The number of rotatable bonds is 11. The Labute approximate surface area is 99.6 Å². The van der Waals surface area contributed by atoms with Crippen LogP contribution < -0.4 is 5.32 Å². The summed E-state index contributed by atoms with van der Waals surface area (Å²) in [7, 11) is 3.65. The van der Waals surface area contributed by atoms with Gasteiger partial charge in [0.2, 0.25) is 0 Å². The van der Waals surface area contributed by atoms with Crippen LogP contribution in [0.5, 0.6) is 0 Å². The third-order valence-electron chi connectivity index (χ3n) is 2.35. The fraction of sp³-hybridized carbons (Fsp3) is 1.00. The first-order valence-electron chi connectivity index (χ1n) is 6.05. The highest BCUT2D eigenvalue weighted by Gasteiger charge is 2.12. The lowest BCUT2D eigenvalue weighted by Gasteiger charge is -2.21. The van der Waals surface area contributed by atoms with E-state index in [1.807, 2.05) is 7.05 Å². The van der Waals surface area contributed by atoms with Crippen LogP contribution in [0.15, 0.2) is 0 Å². The van der Waals surface area contributed by atoms with Gasteiger partial charge in [-0.3, -0.25) is 0 Å². The summed E-state index contributed by atoms with van der Waals surface area (Å²) < 4.78 is 16.1. The summed E-state index contributed by atoms with van der Waals surface area (Å²) in [6.07, 6.45) is 1.22. The SMILES string of the molecule is CNCC(OCCOCCCOC)C(C)C. The summed E-state index contributed by atoms with van der Waals surface area (Å²) in [5.41, 5.74) is 0. The van der Waals surface area contributed by atoms with Crippen molar-refractivity contribution in [1.82, 2.24) is 5.32 Å². The molecule has 0 aromatic rings. The van der Waals surface area contributed by atoms with E-state index in [4.69, 9.17) is 14.2 Å². The zero-order valence-corrected chi connectivity index (χ0v) is 11.1. The lowest BCUT2D eigenvalue weighted by Crippen LogP contribution is -2.32. The normalized spacial score (nSPS) is 13.3. The van der Waals surface area contributed by atoms with E-state index in [0.717, 1.165) is 26.2 Å². The first-order valence-corrected chi connectivity index (χ1v) is 6.05. The van der Waals surface area contributed by atoms with Crippen molar-refractivity contribution in [3.8, 4) is 0 Å². The van der Waals surface area contributed by atoms with Crippen LogP contribution in [0.25, 0.3) is 0 Å². The molecule has 1 N–H and O–H groups in total. The fourth-order valence-electron chi connectivity index (χ4n) is 1.35. The highest BCUT2D eigenvalue weighted by atomic mass is 16.5. The molecule has 0 aromatic carbocycles. The van der Waals surface area contributed by atoms with Crippen LogP contribution in [-0.4, -0.2) is 53.2 Å². The Kier molecular flexibility index (Phi) is 11.2. The van der Waals surface area contributed by atoms with Crippen LogP contribution in [-0.2, 0) is 14.2 Å². The van der Waals surface area contributed by atoms with Crippen LogP contribution in [0.4, 0.5) is 0 Å². The maximum absolute atomic E-state index is 5.73. The number of methoxy groups -OCH3 is 1. The van der Waals surface area contributed by atoms with Crippen molar-refractivity contribution in [3.05, 3.63) is 0 Å². The van der Waals surface area contributed by atoms with Crippen molar-refractivity contribution in [2.45, 2.75) is 26.4 Å². The van der Waals surface area contributed by atoms with Gasteiger partial charge in [0, 0.05) is 26.9 Å². The van der Waals surface area contributed by atoms with Gasteiger partial charge in [0.15, 0.2) is 0 Å². The first-order chi connectivity index (χ1) is 7.72. The summed E-state index contributed by atoms with van der Waals surface area (Å²) in [4.78, 5) is 0. The largest absolute Gasteiger partial charge is 0.385 e. The second-order valence-electron chi connectivity index (χ2n) is 4.17. The predicted octanol–water partition coefficient (Wildman–Crippen LogP) is 1.30. The molecule has 0 radical (unpaired) electrons. The highest BCUT2D eigenvalue weighted by molar-refractivity contribution is 4.64. The molecule has 1 atom stereocenters. The highest BCUT2D eigenvalue weighted by Crippen LogP contribution is 2.05. The number of nitrogens with one attached hydrogen (secondary N) is 1. The molecule has 4 heteroatoms. The molecule has 0 spiro atoms. The van der Waals surface area contributed by atoms with Crippen molar-refractivity contribution >= 4 is 0 Å². The number of hydrogen-bond donors (Lipinski definition) is 1. The van der Waals surface area contributed by atoms with Crippen LogP contribution in [0, 0.1) is 5.92 Å². The molecule has 1 unspecified atom stereocenters.